The molecule has 0 aromatic heterocycles. The van der Waals surface area contributed by atoms with Crippen LogP contribution >= 0.6 is 22.6 Å². The van der Waals surface area contributed by atoms with Gasteiger partial charge in [0.15, 0.2) is 0 Å². The Hall–Kier alpha value is 0.650. The minimum absolute atomic E-state index is 0.852. The summed E-state index contributed by atoms with van der Waals surface area (Å²) in [6.07, 6.45) is 1.12. The quantitative estimate of drug-likeness (QED) is 0.423. The molecule has 0 fully saturated rings. The van der Waals surface area contributed by atoms with Crippen LogP contribution in [-0.4, -0.2) is 30.7 Å². The van der Waals surface area contributed by atoms with Gasteiger partial charge in [-0.2, -0.15) is 0 Å². The van der Waals surface area contributed by atoms with Gasteiger partial charge in [0, 0.05) is 24.1 Å². The van der Waals surface area contributed by atoms with Crippen LogP contribution in [0.2, 0.25) is 0 Å². The maximum absolute atomic E-state index is 5.26. The predicted molar refractivity (Wildman–Crippen MR) is 52.9 cm³/mol. The Balaban J connectivity index is 2.65. The lowest BCUT2D eigenvalue weighted by molar-refractivity contribution is 0.137. The maximum atomic E-state index is 5.26. The first-order valence-corrected chi connectivity index (χ1v) is 5.28. The molecule has 0 spiro atoms. The van der Waals surface area contributed by atoms with Crippen LogP contribution in [0.3, 0.4) is 0 Å². The summed E-state index contributed by atoms with van der Waals surface area (Å²) in [5.74, 6) is 0. The lowest BCUT2D eigenvalue weighted by Crippen LogP contribution is -2.21. The Bertz CT molecular complexity index is 53.6. The van der Waals surface area contributed by atoms with Gasteiger partial charge >= 0.3 is 0 Å². The Morgan fingerprint density at radius 2 is 2.10 bits per heavy atom. The molecule has 2 nitrogen and oxygen atoms in total. The van der Waals surface area contributed by atoms with Crippen LogP contribution < -0.4 is 5.32 Å². The van der Waals surface area contributed by atoms with E-state index in [4.69, 9.17) is 4.74 Å². The van der Waals surface area contributed by atoms with Gasteiger partial charge in [0.1, 0.15) is 0 Å². The highest BCUT2D eigenvalue weighted by Crippen LogP contribution is 1.79. The number of rotatable bonds is 7. The topological polar surface area (TPSA) is 21.3 Å². The van der Waals surface area contributed by atoms with Crippen LogP contribution in [-0.2, 0) is 4.74 Å². The molecule has 0 aliphatic carbocycles. The average molecular weight is 257 g/mol. The normalized spacial score (nSPS) is 10.2. The Morgan fingerprint density at radius 3 is 2.70 bits per heavy atom. The summed E-state index contributed by atoms with van der Waals surface area (Å²) in [7, 11) is 0. The smallest absolute Gasteiger partial charge is 0.0590 e. The molecule has 0 aromatic carbocycles. The van der Waals surface area contributed by atoms with E-state index < -0.39 is 0 Å². The van der Waals surface area contributed by atoms with Crippen LogP contribution in [0.25, 0.3) is 0 Å². The van der Waals surface area contributed by atoms with Crippen molar-refractivity contribution in [2.45, 2.75) is 13.3 Å². The lowest BCUT2D eigenvalue weighted by atomic mass is 10.5. The SMILES string of the molecule is CCCOCCNCCI. The standard InChI is InChI=1S/C7H16INO/c1-2-6-10-7-5-9-4-3-8/h9H,2-7H2,1H3. The number of nitrogens with one attached hydrogen (secondary N) is 1. The van der Waals surface area contributed by atoms with E-state index in [0.29, 0.717) is 0 Å². The highest BCUT2D eigenvalue weighted by Gasteiger charge is 1.85. The fraction of sp³-hybridized carbons (Fsp3) is 1.00. The van der Waals surface area contributed by atoms with E-state index in [1.807, 2.05) is 0 Å². The van der Waals surface area contributed by atoms with E-state index in [2.05, 4.69) is 34.8 Å². The van der Waals surface area contributed by atoms with Crippen molar-refractivity contribution >= 4 is 22.6 Å². The van der Waals surface area contributed by atoms with Crippen molar-refractivity contribution in [3.8, 4) is 0 Å². The average Bonchev–Trinajstić information content (AvgIpc) is 1.97. The molecule has 0 saturated heterocycles. The third-order valence-electron chi connectivity index (χ3n) is 1.04. The van der Waals surface area contributed by atoms with Gasteiger partial charge in [-0.05, 0) is 6.42 Å². The molecule has 0 radical (unpaired) electrons. The van der Waals surface area contributed by atoms with Gasteiger partial charge in [0.2, 0.25) is 0 Å². The molecule has 0 aromatic rings. The molecule has 62 valence electrons. The summed E-state index contributed by atoms with van der Waals surface area (Å²) in [6.45, 7) is 5.95. The third kappa shape index (κ3) is 8.65. The van der Waals surface area contributed by atoms with Crippen molar-refractivity contribution in [2.24, 2.45) is 0 Å². The lowest BCUT2D eigenvalue weighted by Gasteiger charge is -2.02. The Kier molecular flexibility index (Phi) is 10.3. The van der Waals surface area contributed by atoms with Crippen LogP contribution in [0.1, 0.15) is 13.3 Å². The number of hydrogen-bond donors (Lipinski definition) is 1. The Morgan fingerprint density at radius 1 is 1.30 bits per heavy atom. The first kappa shape index (κ1) is 10.7. The van der Waals surface area contributed by atoms with E-state index in [0.717, 1.165) is 32.7 Å². The first-order valence-electron chi connectivity index (χ1n) is 3.76. The molecule has 0 aliphatic heterocycles. The molecule has 3 heteroatoms. The van der Waals surface area contributed by atoms with E-state index in [-0.39, 0.29) is 0 Å². The van der Waals surface area contributed by atoms with Crippen molar-refractivity contribution < 1.29 is 4.74 Å². The van der Waals surface area contributed by atoms with Gasteiger partial charge in [-0.15, -0.1) is 0 Å². The fourth-order valence-corrected chi connectivity index (χ4v) is 0.964. The number of halogens is 1. The fourth-order valence-electron chi connectivity index (χ4n) is 0.583. The second-order valence-electron chi connectivity index (χ2n) is 2.05. The zero-order valence-corrected chi connectivity index (χ0v) is 8.69. The predicted octanol–water partition coefficient (Wildman–Crippen LogP) is 1.44. The maximum Gasteiger partial charge on any atom is 0.0590 e. The largest absolute Gasteiger partial charge is 0.380 e. The molecule has 0 bridgehead atoms. The summed E-state index contributed by atoms with van der Waals surface area (Å²) >= 11 is 2.35. The number of hydrogen-bond acceptors (Lipinski definition) is 2. The Labute approximate surface area is 76.9 Å². The molecular formula is C7H16INO. The van der Waals surface area contributed by atoms with Gasteiger partial charge in [-0.1, -0.05) is 29.5 Å². The summed E-state index contributed by atoms with van der Waals surface area (Å²) in [5, 5.41) is 3.26. The monoisotopic (exact) mass is 257 g/mol. The third-order valence-corrected chi connectivity index (χ3v) is 1.58. The molecule has 0 unspecified atom stereocenters. The summed E-state index contributed by atoms with van der Waals surface area (Å²) < 4.78 is 6.44. The minimum Gasteiger partial charge on any atom is -0.380 e. The molecule has 10 heavy (non-hydrogen) atoms. The molecule has 0 aliphatic rings. The van der Waals surface area contributed by atoms with Crippen LogP contribution in [0.5, 0.6) is 0 Å². The minimum atomic E-state index is 0.852. The van der Waals surface area contributed by atoms with Crippen LogP contribution in [0.15, 0.2) is 0 Å². The highest BCUT2D eigenvalue weighted by atomic mass is 127. The van der Waals surface area contributed by atoms with Crippen molar-refractivity contribution in [1.82, 2.24) is 5.32 Å². The number of alkyl halides is 1. The van der Waals surface area contributed by atoms with Crippen molar-refractivity contribution in [3.05, 3.63) is 0 Å². The first-order chi connectivity index (χ1) is 4.91. The summed E-state index contributed by atoms with van der Waals surface area (Å²) in [6, 6.07) is 0. The van der Waals surface area contributed by atoms with E-state index in [9.17, 15) is 0 Å². The van der Waals surface area contributed by atoms with E-state index in [1.54, 1.807) is 0 Å². The van der Waals surface area contributed by atoms with Gasteiger partial charge in [-0.3, -0.25) is 0 Å². The van der Waals surface area contributed by atoms with Gasteiger partial charge < -0.3 is 10.1 Å². The second-order valence-corrected chi connectivity index (χ2v) is 3.13. The van der Waals surface area contributed by atoms with E-state index in [1.165, 1.54) is 4.43 Å². The van der Waals surface area contributed by atoms with Crippen molar-refractivity contribution in [3.63, 3.8) is 0 Å². The molecular weight excluding hydrogens is 241 g/mol. The zero-order valence-electron chi connectivity index (χ0n) is 6.53. The van der Waals surface area contributed by atoms with Crippen molar-refractivity contribution in [2.75, 3.05) is 30.7 Å². The molecule has 0 heterocycles. The second kappa shape index (κ2) is 9.65. The van der Waals surface area contributed by atoms with Gasteiger partial charge in [0.05, 0.1) is 6.61 Å². The molecule has 0 saturated carbocycles. The molecule has 1 N–H and O–H groups in total. The molecule has 0 rings (SSSR count). The van der Waals surface area contributed by atoms with Crippen LogP contribution in [0, 0.1) is 0 Å². The highest BCUT2D eigenvalue weighted by molar-refractivity contribution is 14.1. The summed E-state index contributed by atoms with van der Waals surface area (Å²) in [4.78, 5) is 0. The van der Waals surface area contributed by atoms with Gasteiger partial charge in [-0.25, -0.2) is 0 Å². The van der Waals surface area contributed by atoms with Crippen LogP contribution in [0.4, 0.5) is 0 Å². The number of ether oxygens (including phenoxy) is 1. The molecule has 0 atom stereocenters. The van der Waals surface area contributed by atoms with E-state index >= 15 is 0 Å². The van der Waals surface area contributed by atoms with Crippen molar-refractivity contribution in [1.29, 1.82) is 0 Å². The van der Waals surface area contributed by atoms with Gasteiger partial charge in [0.25, 0.3) is 0 Å². The zero-order chi connectivity index (χ0) is 7.66. The molecule has 0 amide bonds. The summed E-state index contributed by atoms with van der Waals surface area (Å²) in [5.41, 5.74) is 0.